The van der Waals surface area contributed by atoms with Crippen LogP contribution in [-0.4, -0.2) is 47.4 Å². The molecule has 0 bridgehead atoms. The SMILES string of the molecule is CC(=O)OC(C)[C@@]1(C)CCC[C@@]2(C)C1CC[C@]1(C)C2C[C@H](OC(=O)CC(C)O)[C@]2(C)C3=C(CCC12)[C@H](C)OC3=O. The maximum absolute atomic E-state index is 13.4. The van der Waals surface area contributed by atoms with E-state index in [2.05, 4.69) is 34.6 Å². The largest absolute Gasteiger partial charge is 0.462 e. The van der Waals surface area contributed by atoms with Gasteiger partial charge in [0.25, 0.3) is 0 Å². The van der Waals surface area contributed by atoms with Crippen molar-refractivity contribution >= 4 is 17.9 Å². The number of carbonyl (C=O) groups is 3. The number of ether oxygens (including phenoxy) is 3. The number of cyclic esters (lactones) is 1. The maximum atomic E-state index is 13.4. The van der Waals surface area contributed by atoms with Crippen LogP contribution in [0.5, 0.6) is 0 Å². The van der Waals surface area contributed by atoms with Gasteiger partial charge in [0, 0.05) is 23.3 Å². The van der Waals surface area contributed by atoms with E-state index in [0.717, 1.165) is 56.1 Å². The summed E-state index contributed by atoms with van der Waals surface area (Å²) in [6.07, 6.45) is 5.97. The lowest BCUT2D eigenvalue weighted by Crippen LogP contribution is -2.67. The molecule has 7 heteroatoms. The first kappa shape index (κ1) is 29.6. The summed E-state index contributed by atoms with van der Waals surface area (Å²) in [6, 6.07) is 0. The van der Waals surface area contributed by atoms with Gasteiger partial charge in [0.05, 0.1) is 12.5 Å². The molecule has 5 rings (SSSR count). The first-order chi connectivity index (χ1) is 18.6. The van der Waals surface area contributed by atoms with Gasteiger partial charge in [-0.05, 0) is 99.9 Å². The van der Waals surface area contributed by atoms with E-state index in [1.807, 2.05) is 6.92 Å². The van der Waals surface area contributed by atoms with E-state index in [4.69, 9.17) is 14.2 Å². The average Bonchev–Trinajstić information content (AvgIpc) is 3.13. The van der Waals surface area contributed by atoms with Gasteiger partial charge in [0.1, 0.15) is 18.3 Å². The third kappa shape index (κ3) is 4.19. The van der Waals surface area contributed by atoms with E-state index in [1.54, 1.807) is 6.92 Å². The molecule has 1 heterocycles. The quantitative estimate of drug-likeness (QED) is 0.331. The Hall–Kier alpha value is -1.89. The molecule has 5 aliphatic rings. The zero-order valence-corrected chi connectivity index (χ0v) is 25.8. The highest BCUT2D eigenvalue weighted by molar-refractivity contribution is 5.94. The first-order valence-corrected chi connectivity index (χ1v) is 15.6. The zero-order chi connectivity index (χ0) is 29.4. The normalized spacial score (nSPS) is 45.7. The average molecular weight is 559 g/mol. The number of fused-ring (bicyclic) bond motifs is 6. The number of hydrogen-bond acceptors (Lipinski definition) is 7. The highest BCUT2D eigenvalue weighted by Gasteiger charge is 2.70. The van der Waals surface area contributed by atoms with E-state index in [1.165, 1.54) is 6.92 Å². The third-order valence-electron chi connectivity index (χ3n) is 12.8. The van der Waals surface area contributed by atoms with Crippen molar-refractivity contribution in [2.75, 3.05) is 0 Å². The summed E-state index contributed by atoms with van der Waals surface area (Å²) in [6.45, 7) is 16.4. The Morgan fingerprint density at radius 2 is 1.70 bits per heavy atom. The van der Waals surface area contributed by atoms with Crippen LogP contribution in [0.15, 0.2) is 11.1 Å². The highest BCUT2D eigenvalue weighted by Crippen LogP contribution is 2.74. The molecule has 40 heavy (non-hydrogen) atoms. The molecular formula is C33H50O7. The van der Waals surface area contributed by atoms with Gasteiger partial charge in [-0.3, -0.25) is 9.59 Å². The Kier molecular flexibility index (Phi) is 7.28. The van der Waals surface area contributed by atoms with Crippen LogP contribution in [0.1, 0.15) is 113 Å². The number of esters is 3. The van der Waals surface area contributed by atoms with Crippen molar-refractivity contribution in [3.63, 3.8) is 0 Å². The lowest BCUT2D eigenvalue weighted by atomic mass is 9.34. The summed E-state index contributed by atoms with van der Waals surface area (Å²) in [4.78, 5) is 38.5. The maximum Gasteiger partial charge on any atom is 0.335 e. The minimum atomic E-state index is -0.791. The molecule has 0 aromatic heterocycles. The molecule has 7 nitrogen and oxygen atoms in total. The van der Waals surface area contributed by atoms with Gasteiger partial charge in [-0.25, -0.2) is 4.79 Å². The highest BCUT2D eigenvalue weighted by atomic mass is 16.6. The lowest BCUT2D eigenvalue weighted by Gasteiger charge is -2.70. The molecule has 0 spiro atoms. The third-order valence-corrected chi connectivity index (χ3v) is 12.8. The van der Waals surface area contributed by atoms with Crippen molar-refractivity contribution in [2.24, 2.45) is 39.4 Å². The summed E-state index contributed by atoms with van der Waals surface area (Å²) in [7, 11) is 0. The zero-order valence-electron chi connectivity index (χ0n) is 25.8. The summed E-state index contributed by atoms with van der Waals surface area (Å²) in [5.41, 5.74) is 0.981. The van der Waals surface area contributed by atoms with Crippen LogP contribution in [0.25, 0.3) is 0 Å². The van der Waals surface area contributed by atoms with E-state index in [9.17, 15) is 19.5 Å². The number of hydrogen-bond donors (Lipinski definition) is 1. The van der Waals surface area contributed by atoms with E-state index >= 15 is 0 Å². The lowest BCUT2D eigenvalue weighted by molar-refractivity contribution is -0.237. The molecule has 0 aromatic carbocycles. The minimum Gasteiger partial charge on any atom is -0.462 e. The smallest absolute Gasteiger partial charge is 0.335 e. The molecular weight excluding hydrogens is 508 g/mol. The van der Waals surface area contributed by atoms with Gasteiger partial charge in [0.2, 0.25) is 0 Å². The van der Waals surface area contributed by atoms with Gasteiger partial charge in [0.15, 0.2) is 0 Å². The van der Waals surface area contributed by atoms with Gasteiger partial charge >= 0.3 is 17.9 Å². The van der Waals surface area contributed by atoms with Crippen LogP contribution in [0.2, 0.25) is 0 Å². The molecule has 1 aliphatic heterocycles. The molecule has 1 N–H and O–H groups in total. The van der Waals surface area contributed by atoms with Crippen LogP contribution in [-0.2, 0) is 28.6 Å². The Balaban J connectivity index is 1.59. The number of rotatable bonds is 5. The molecule has 0 radical (unpaired) electrons. The second kappa shape index (κ2) is 9.84. The van der Waals surface area contributed by atoms with Crippen LogP contribution in [0.4, 0.5) is 0 Å². The molecule has 3 saturated carbocycles. The number of carbonyl (C=O) groups excluding carboxylic acids is 3. The van der Waals surface area contributed by atoms with Crippen LogP contribution in [0.3, 0.4) is 0 Å². The van der Waals surface area contributed by atoms with E-state index < -0.39 is 23.6 Å². The summed E-state index contributed by atoms with van der Waals surface area (Å²) < 4.78 is 17.9. The van der Waals surface area contributed by atoms with E-state index in [-0.39, 0.29) is 58.6 Å². The minimum absolute atomic E-state index is 0.0250. The fourth-order valence-corrected chi connectivity index (χ4v) is 11.0. The molecule has 0 amide bonds. The Labute approximate surface area is 239 Å². The molecule has 224 valence electrons. The van der Waals surface area contributed by atoms with Crippen LogP contribution in [0, 0.1) is 39.4 Å². The standard InChI is InChI=1S/C33H50O7/c1-18(34)16-27(36)40-26-17-25-31(6)14-9-13-30(5,20(3)39-21(4)35)23(31)12-15-32(25,7)24-11-10-22-19(2)38-29(37)28(22)33(24,26)8/h18-20,23-26,34H,9-17H2,1-8H3/t18?,19-,20?,23?,24?,25?,26-,30+,31-,32-,33+/m0/s1. The van der Waals surface area contributed by atoms with Crippen molar-refractivity contribution in [1.29, 1.82) is 0 Å². The topological polar surface area (TPSA) is 99.1 Å². The van der Waals surface area contributed by atoms with Crippen LogP contribution >= 0.6 is 0 Å². The molecule has 3 fully saturated rings. The van der Waals surface area contributed by atoms with Crippen molar-refractivity contribution in [1.82, 2.24) is 0 Å². The molecule has 5 unspecified atom stereocenters. The summed E-state index contributed by atoms with van der Waals surface area (Å²) in [5, 5.41) is 9.95. The second-order valence-corrected chi connectivity index (χ2v) is 14.9. The second-order valence-electron chi connectivity index (χ2n) is 14.9. The van der Waals surface area contributed by atoms with Crippen molar-refractivity contribution < 1.29 is 33.7 Å². The van der Waals surface area contributed by atoms with Gasteiger partial charge in [-0.1, -0.05) is 34.1 Å². The molecule has 11 atom stereocenters. The van der Waals surface area contributed by atoms with Crippen LogP contribution < -0.4 is 0 Å². The first-order valence-electron chi connectivity index (χ1n) is 15.6. The Bertz CT molecular complexity index is 1110. The fraction of sp³-hybridized carbons (Fsp3) is 0.848. The molecule has 4 aliphatic carbocycles. The molecule has 0 aromatic rings. The Morgan fingerprint density at radius 1 is 1.02 bits per heavy atom. The predicted octanol–water partition coefficient (Wildman–Crippen LogP) is 5.91. The fourth-order valence-electron chi connectivity index (χ4n) is 11.0. The Morgan fingerprint density at radius 3 is 2.35 bits per heavy atom. The summed E-state index contributed by atoms with van der Waals surface area (Å²) >= 11 is 0. The predicted molar refractivity (Wildman–Crippen MR) is 150 cm³/mol. The van der Waals surface area contributed by atoms with Gasteiger partial charge in [-0.2, -0.15) is 0 Å². The van der Waals surface area contributed by atoms with Gasteiger partial charge in [-0.15, -0.1) is 0 Å². The summed E-state index contributed by atoms with van der Waals surface area (Å²) in [5.74, 6) is -0.0870. The van der Waals surface area contributed by atoms with Crippen molar-refractivity contribution in [2.45, 2.75) is 138 Å². The van der Waals surface area contributed by atoms with Crippen molar-refractivity contribution in [3.8, 4) is 0 Å². The van der Waals surface area contributed by atoms with Gasteiger partial charge < -0.3 is 19.3 Å². The van der Waals surface area contributed by atoms with E-state index in [0.29, 0.717) is 12.3 Å². The number of aliphatic hydroxyl groups is 1. The number of aliphatic hydroxyl groups excluding tert-OH is 1. The molecule has 0 saturated heterocycles. The monoisotopic (exact) mass is 558 g/mol. The van der Waals surface area contributed by atoms with Crippen molar-refractivity contribution in [3.05, 3.63) is 11.1 Å².